The maximum Gasteiger partial charge on any atom is 0.306 e. The molecule has 0 bridgehead atoms. The first kappa shape index (κ1) is 11.7. The smallest absolute Gasteiger partial charge is 0.306 e. The molecule has 1 rings (SSSR count). The van der Waals surface area contributed by atoms with E-state index in [0.29, 0.717) is 12.3 Å². The SMILES string of the molecule is CC(Cc1ccncc1C(C)C)C(=O)O. The van der Waals surface area contributed by atoms with Crippen molar-refractivity contribution < 1.29 is 9.90 Å². The van der Waals surface area contributed by atoms with Gasteiger partial charge in [-0.2, -0.15) is 0 Å². The van der Waals surface area contributed by atoms with E-state index in [2.05, 4.69) is 18.8 Å². The molecule has 0 saturated heterocycles. The van der Waals surface area contributed by atoms with Gasteiger partial charge in [0.25, 0.3) is 0 Å². The Morgan fingerprint density at radius 3 is 2.67 bits per heavy atom. The molecule has 3 nitrogen and oxygen atoms in total. The van der Waals surface area contributed by atoms with Crippen LogP contribution in [0.4, 0.5) is 0 Å². The van der Waals surface area contributed by atoms with E-state index < -0.39 is 5.97 Å². The summed E-state index contributed by atoms with van der Waals surface area (Å²) in [6.45, 7) is 5.91. The number of carbonyl (C=O) groups is 1. The van der Waals surface area contributed by atoms with Gasteiger partial charge in [0.15, 0.2) is 0 Å². The first-order valence-electron chi connectivity index (χ1n) is 5.18. The lowest BCUT2D eigenvalue weighted by Crippen LogP contribution is -2.13. The summed E-state index contributed by atoms with van der Waals surface area (Å²) in [6, 6.07) is 1.91. The molecule has 15 heavy (non-hydrogen) atoms. The van der Waals surface area contributed by atoms with Gasteiger partial charge in [-0.05, 0) is 29.5 Å². The van der Waals surface area contributed by atoms with Crippen LogP contribution in [0.15, 0.2) is 18.5 Å². The average molecular weight is 207 g/mol. The van der Waals surface area contributed by atoms with Gasteiger partial charge in [0.05, 0.1) is 5.92 Å². The van der Waals surface area contributed by atoms with Crippen LogP contribution in [0.5, 0.6) is 0 Å². The van der Waals surface area contributed by atoms with Crippen molar-refractivity contribution in [2.45, 2.75) is 33.1 Å². The van der Waals surface area contributed by atoms with Crippen molar-refractivity contribution in [3.63, 3.8) is 0 Å². The Morgan fingerprint density at radius 1 is 1.47 bits per heavy atom. The number of pyridine rings is 1. The number of nitrogens with zero attached hydrogens (tertiary/aromatic N) is 1. The summed E-state index contributed by atoms with van der Waals surface area (Å²) in [5, 5.41) is 8.86. The number of rotatable bonds is 4. The Morgan fingerprint density at radius 2 is 2.13 bits per heavy atom. The van der Waals surface area contributed by atoms with E-state index in [1.807, 2.05) is 12.3 Å². The summed E-state index contributed by atoms with van der Waals surface area (Å²) in [4.78, 5) is 14.8. The Balaban J connectivity index is 2.89. The fraction of sp³-hybridized carbons (Fsp3) is 0.500. The Labute approximate surface area is 90.2 Å². The molecule has 0 radical (unpaired) electrons. The summed E-state index contributed by atoms with van der Waals surface area (Å²) < 4.78 is 0. The van der Waals surface area contributed by atoms with Gasteiger partial charge in [-0.1, -0.05) is 20.8 Å². The van der Waals surface area contributed by atoms with Gasteiger partial charge in [0, 0.05) is 12.4 Å². The lowest BCUT2D eigenvalue weighted by molar-refractivity contribution is -0.141. The number of carboxylic acids is 1. The van der Waals surface area contributed by atoms with Gasteiger partial charge in [0.2, 0.25) is 0 Å². The van der Waals surface area contributed by atoms with Crippen LogP contribution >= 0.6 is 0 Å². The first-order chi connectivity index (χ1) is 7.02. The van der Waals surface area contributed by atoms with Crippen LogP contribution in [0.2, 0.25) is 0 Å². The van der Waals surface area contributed by atoms with Crippen LogP contribution in [0.3, 0.4) is 0 Å². The third-order valence-electron chi connectivity index (χ3n) is 2.52. The molecule has 82 valence electrons. The Kier molecular flexibility index (Phi) is 3.83. The number of hydrogen-bond donors (Lipinski definition) is 1. The van der Waals surface area contributed by atoms with Gasteiger partial charge in [0.1, 0.15) is 0 Å². The van der Waals surface area contributed by atoms with Crippen molar-refractivity contribution in [3.8, 4) is 0 Å². The van der Waals surface area contributed by atoms with Gasteiger partial charge >= 0.3 is 5.97 Å². The minimum absolute atomic E-state index is 0.343. The normalized spacial score (nSPS) is 12.8. The van der Waals surface area contributed by atoms with E-state index in [9.17, 15) is 4.79 Å². The van der Waals surface area contributed by atoms with Crippen molar-refractivity contribution in [2.75, 3.05) is 0 Å². The molecule has 0 aliphatic heterocycles. The van der Waals surface area contributed by atoms with Gasteiger partial charge in [-0.15, -0.1) is 0 Å². The van der Waals surface area contributed by atoms with Crippen LogP contribution in [0.1, 0.15) is 37.8 Å². The summed E-state index contributed by atoms with van der Waals surface area (Å²) in [6.07, 6.45) is 4.12. The van der Waals surface area contributed by atoms with Gasteiger partial charge in [-0.3, -0.25) is 9.78 Å². The highest BCUT2D eigenvalue weighted by Gasteiger charge is 2.14. The van der Waals surface area contributed by atoms with E-state index in [4.69, 9.17) is 5.11 Å². The predicted octanol–water partition coefficient (Wildman–Crippen LogP) is 2.47. The second kappa shape index (κ2) is 4.91. The van der Waals surface area contributed by atoms with Crippen molar-refractivity contribution in [2.24, 2.45) is 5.92 Å². The molecule has 0 saturated carbocycles. The maximum atomic E-state index is 10.8. The number of aromatic nitrogens is 1. The van der Waals surface area contributed by atoms with Crippen molar-refractivity contribution in [1.82, 2.24) is 4.98 Å². The molecule has 0 spiro atoms. The molecule has 3 heteroatoms. The zero-order valence-electron chi connectivity index (χ0n) is 9.40. The Hall–Kier alpha value is -1.38. The molecule has 1 aromatic rings. The molecule has 0 aliphatic rings. The second-order valence-electron chi connectivity index (χ2n) is 4.17. The third-order valence-corrected chi connectivity index (χ3v) is 2.52. The number of aliphatic carboxylic acids is 1. The zero-order valence-corrected chi connectivity index (χ0v) is 9.40. The van der Waals surface area contributed by atoms with Gasteiger partial charge in [-0.25, -0.2) is 0 Å². The fourth-order valence-corrected chi connectivity index (χ4v) is 1.56. The van der Waals surface area contributed by atoms with Crippen molar-refractivity contribution >= 4 is 5.97 Å². The van der Waals surface area contributed by atoms with Crippen LogP contribution in [-0.4, -0.2) is 16.1 Å². The summed E-state index contributed by atoms with van der Waals surface area (Å²) >= 11 is 0. The van der Waals surface area contributed by atoms with E-state index in [1.54, 1.807) is 13.1 Å². The average Bonchev–Trinajstić information content (AvgIpc) is 2.18. The van der Waals surface area contributed by atoms with Crippen molar-refractivity contribution in [3.05, 3.63) is 29.6 Å². The van der Waals surface area contributed by atoms with Crippen molar-refractivity contribution in [1.29, 1.82) is 0 Å². The molecule has 0 fully saturated rings. The van der Waals surface area contributed by atoms with E-state index in [1.165, 1.54) is 0 Å². The molecule has 1 atom stereocenters. The van der Waals surface area contributed by atoms with E-state index >= 15 is 0 Å². The van der Waals surface area contributed by atoms with E-state index in [-0.39, 0.29) is 5.92 Å². The minimum Gasteiger partial charge on any atom is -0.481 e. The van der Waals surface area contributed by atoms with E-state index in [0.717, 1.165) is 11.1 Å². The molecule has 1 aromatic heterocycles. The number of hydrogen-bond acceptors (Lipinski definition) is 2. The zero-order chi connectivity index (χ0) is 11.4. The topological polar surface area (TPSA) is 50.2 Å². The van der Waals surface area contributed by atoms with Crippen LogP contribution in [0.25, 0.3) is 0 Å². The van der Waals surface area contributed by atoms with Crippen LogP contribution < -0.4 is 0 Å². The highest BCUT2D eigenvalue weighted by atomic mass is 16.4. The highest BCUT2D eigenvalue weighted by Crippen LogP contribution is 2.20. The second-order valence-corrected chi connectivity index (χ2v) is 4.17. The predicted molar refractivity (Wildman–Crippen MR) is 58.8 cm³/mol. The molecular weight excluding hydrogens is 190 g/mol. The molecule has 0 amide bonds. The molecule has 1 unspecified atom stereocenters. The quantitative estimate of drug-likeness (QED) is 0.825. The minimum atomic E-state index is -0.749. The third kappa shape index (κ3) is 3.05. The molecular formula is C12H17NO2. The molecule has 0 aromatic carbocycles. The monoisotopic (exact) mass is 207 g/mol. The number of carboxylic acid groups (broad SMARTS) is 1. The fourth-order valence-electron chi connectivity index (χ4n) is 1.56. The maximum absolute atomic E-state index is 10.8. The van der Waals surface area contributed by atoms with Gasteiger partial charge < -0.3 is 5.11 Å². The summed E-state index contributed by atoms with van der Waals surface area (Å²) in [5.74, 6) is -0.707. The molecule has 1 heterocycles. The first-order valence-corrected chi connectivity index (χ1v) is 5.18. The lowest BCUT2D eigenvalue weighted by atomic mass is 9.93. The largest absolute Gasteiger partial charge is 0.481 e. The summed E-state index contributed by atoms with van der Waals surface area (Å²) in [7, 11) is 0. The molecule has 1 N–H and O–H groups in total. The lowest BCUT2D eigenvalue weighted by Gasteiger charge is -2.13. The Bertz CT molecular complexity index is 347. The molecule has 0 aliphatic carbocycles. The summed E-state index contributed by atoms with van der Waals surface area (Å²) in [5.41, 5.74) is 2.24. The van der Waals surface area contributed by atoms with Crippen LogP contribution in [-0.2, 0) is 11.2 Å². The standard InChI is InChI=1S/C12H17NO2/c1-8(2)11-7-13-5-4-10(11)6-9(3)12(14)15/h4-5,7-9H,6H2,1-3H3,(H,14,15). The highest BCUT2D eigenvalue weighted by molar-refractivity contribution is 5.70. The van der Waals surface area contributed by atoms with Crippen LogP contribution in [0, 0.1) is 5.92 Å².